The number of benzene rings is 2. The van der Waals surface area contributed by atoms with Gasteiger partial charge in [-0.15, -0.1) is 11.3 Å². The number of hydrogen-bond acceptors (Lipinski definition) is 5. The molecule has 1 heterocycles. The van der Waals surface area contributed by atoms with Crippen molar-refractivity contribution in [2.45, 2.75) is 38.1 Å². The third kappa shape index (κ3) is 6.18. The molecule has 0 bridgehead atoms. The fourth-order valence-corrected chi connectivity index (χ4v) is 3.05. The molecule has 0 aliphatic heterocycles. The predicted molar refractivity (Wildman–Crippen MR) is 114 cm³/mol. The van der Waals surface area contributed by atoms with Gasteiger partial charge in [0.1, 0.15) is 0 Å². The van der Waals surface area contributed by atoms with E-state index in [9.17, 15) is 9.90 Å². The summed E-state index contributed by atoms with van der Waals surface area (Å²) in [7, 11) is 0. The smallest absolute Gasteiger partial charge is 0.230 e. The van der Waals surface area contributed by atoms with E-state index in [1.807, 2.05) is 0 Å². The first-order valence-corrected chi connectivity index (χ1v) is 9.60. The van der Waals surface area contributed by atoms with Gasteiger partial charge in [0.2, 0.25) is 5.91 Å². The Balaban J connectivity index is 1.58. The number of amides is 1. The minimum Gasteiger partial charge on any atom is -0.388 e. The van der Waals surface area contributed by atoms with Gasteiger partial charge in [-0.1, -0.05) is 48.9 Å². The van der Waals surface area contributed by atoms with Gasteiger partial charge in [0, 0.05) is 16.5 Å². The Hall–Kier alpha value is -2.70. The van der Waals surface area contributed by atoms with E-state index in [0.29, 0.717) is 22.5 Å². The molecule has 3 aromatic rings. The van der Waals surface area contributed by atoms with E-state index < -0.39 is 25.3 Å². The maximum Gasteiger partial charge on any atom is 0.230 e. The van der Waals surface area contributed by atoms with Gasteiger partial charge < -0.3 is 16.2 Å². The number of nitrogens with two attached hydrogens (primary N) is 1. The van der Waals surface area contributed by atoms with E-state index in [2.05, 4.69) is 10.3 Å². The molecule has 3 rings (SSSR count). The van der Waals surface area contributed by atoms with Crippen LogP contribution in [0.3, 0.4) is 0 Å². The first-order valence-electron chi connectivity index (χ1n) is 11.3. The molecule has 0 spiro atoms. The van der Waals surface area contributed by atoms with Crippen LogP contribution in [-0.2, 0) is 17.6 Å². The zero-order valence-electron chi connectivity index (χ0n) is 20.2. The second kappa shape index (κ2) is 10.0. The van der Waals surface area contributed by atoms with Gasteiger partial charge >= 0.3 is 0 Å². The summed E-state index contributed by atoms with van der Waals surface area (Å²) in [6.45, 7) is 0. The van der Waals surface area contributed by atoms with Crippen LogP contribution in [0.5, 0.6) is 0 Å². The van der Waals surface area contributed by atoms with Crippen molar-refractivity contribution in [2.75, 3.05) is 11.1 Å². The van der Waals surface area contributed by atoms with Crippen LogP contribution in [0.1, 0.15) is 48.9 Å². The Morgan fingerprint density at radius 3 is 2.68 bits per heavy atom. The van der Waals surface area contributed by atoms with Crippen molar-refractivity contribution in [3.63, 3.8) is 0 Å². The third-order valence-electron chi connectivity index (χ3n) is 3.95. The van der Waals surface area contributed by atoms with Gasteiger partial charge in [0.05, 0.1) is 19.6 Å². The fraction of sp³-hybridized carbons (Fsp3) is 0.273. The second-order valence-electron chi connectivity index (χ2n) is 6.14. The SMILES string of the molecule is [2H]c1sc(N)nc1CC(=O)Nc1ccc(CC([2H])([2H])CC([2H])([2H])[C@H](O)c2ccccc2)cc1. The van der Waals surface area contributed by atoms with Crippen LogP contribution in [0.25, 0.3) is 0 Å². The van der Waals surface area contributed by atoms with Gasteiger partial charge in [0.15, 0.2) is 5.13 Å². The lowest BCUT2D eigenvalue weighted by Crippen LogP contribution is -2.14. The molecule has 0 unspecified atom stereocenters. The maximum absolute atomic E-state index is 12.2. The van der Waals surface area contributed by atoms with Crippen molar-refractivity contribution in [3.05, 3.63) is 76.8 Å². The molecule has 0 aliphatic rings. The number of rotatable bonds is 9. The topological polar surface area (TPSA) is 88.2 Å². The minimum absolute atomic E-state index is 0.0530. The maximum atomic E-state index is 12.2. The lowest BCUT2D eigenvalue weighted by molar-refractivity contribution is -0.115. The molecule has 0 saturated heterocycles. The van der Waals surface area contributed by atoms with Gasteiger partial charge in [-0.2, -0.15) is 0 Å². The van der Waals surface area contributed by atoms with E-state index in [1.165, 1.54) is 0 Å². The number of aromatic nitrogens is 1. The lowest BCUT2D eigenvalue weighted by Gasteiger charge is -2.10. The minimum atomic E-state index is -2.16. The Kier molecular flexibility index (Phi) is 5.12. The molecule has 1 amide bonds. The number of thiazole rings is 1. The highest BCUT2D eigenvalue weighted by Crippen LogP contribution is 2.20. The highest BCUT2D eigenvalue weighted by Gasteiger charge is 2.08. The predicted octanol–water partition coefficient (Wildman–Crippen LogP) is 4.35. The summed E-state index contributed by atoms with van der Waals surface area (Å²) in [5.74, 6) is -0.347. The van der Waals surface area contributed by atoms with Crippen molar-refractivity contribution in [2.24, 2.45) is 0 Å². The molecule has 2 aromatic carbocycles. The van der Waals surface area contributed by atoms with Crippen LogP contribution in [0.4, 0.5) is 10.8 Å². The number of nitrogens with one attached hydrogen (secondary N) is 1. The summed E-state index contributed by atoms with van der Waals surface area (Å²) in [4.78, 5) is 16.2. The Labute approximate surface area is 176 Å². The molecule has 0 radical (unpaired) electrons. The highest BCUT2D eigenvalue weighted by molar-refractivity contribution is 7.13. The van der Waals surface area contributed by atoms with Crippen molar-refractivity contribution in [1.82, 2.24) is 4.98 Å². The van der Waals surface area contributed by atoms with E-state index >= 15 is 0 Å². The average molecular weight is 401 g/mol. The van der Waals surface area contributed by atoms with Gasteiger partial charge in [-0.3, -0.25) is 4.79 Å². The highest BCUT2D eigenvalue weighted by atomic mass is 32.1. The number of nitrogens with zero attached hydrogens (tertiary/aromatic N) is 1. The molecular weight excluding hydrogens is 370 g/mol. The lowest BCUT2D eigenvalue weighted by atomic mass is 10.0. The van der Waals surface area contributed by atoms with Crippen LogP contribution < -0.4 is 11.1 Å². The Morgan fingerprint density at radius 2 is 2.00 bits per heavy atom. The fourth-order valence-electron chi connectivity index (χ4n) is 2.56. The Morgan fingerprint density at radius 1 is 1.25 bits per heavy atom. The molecule has 1 atom stereocenters. The standard InChI is InChI=1S/C22H25N3O2S/c23-22-25-19(15-28-22)14-21(27)24-18-12-10-16(11-13-18)6-4-5-9-20(26)17-7-2-1-3-8-17/h1-3,7-8,10-13,15,20,26H,4-6,9,14H2,(H2,23,25)(H,24,27)/t20-/m0/s1/i4D2,9D2,15D. The number of aryl methyl sites for hydroxylation is 1. The van der Waals surface area contributed by atoms with Crippen LogP contribution in [0.15, 0.2) is 60.0 Å². The summed E-state index contributed by atoms with van der Waals surface area (Å²) < 4.78 is 40.8. The molecule has 6 heteroatoms. The molecular formula is C22H25N3O2S. The number of carbonyl (C=O) groups excluding carboxylic acids is 1. The molecule has 1 aromatic heterocycles. The molecule has 0 saturated carbocycles. The average Bonchev–Trinajstić information content (AvgIpc) is 3.05. The zero-order valence-corrected chi connectivity index (χ0v) is 16.0. The number of carbonyl (C=O) groups is 1. The van der Waals surface area contributed by atoms with Crippen LogP contribution in [0, 0.1) is 0 Å². The van der Waals surface area contributed by atoms with Gasteiger partial charge in [0.25, 0.3) is 0 Å². The summed E-state index contributed by atoms with van der Waals surface area (Å²) >= 11 is 1.00. The summed E-state index contributed by atoms with van der Waals surface area (Å²) in [6.07, 6.45) is -6.12. The first-order chi connectivity index (χ1) is 15.4. The van der Waals surface area contributed by atoms with Crippen LogP contribution in [-0.4, -0.2) is 16.0 Å². The van der Waals surface area contributed by atoms with Crippen LogP contribution >= 0.6 is 11.3 Å². The van der Waals surface area contributed by atoms with E-state index in [0.717, 1.165) is 11.3 Å². The molecule has 4 N–H and O–H groups in total. The quantitative estimate of drug-likeness (QED) is 0.498. The number of aliphatic hydroxyl groups excluding tert-OH is 1. The van der Waals surface area contributed by atoms with Crippen molar-refractivity contribution < 1.29 is 16.8 Å². The van der Waals surface area contributed by atoms with Crippen molar-refractivity contribution in [3.8, 4) is 0 Å². The zero-order chi connectivity index (χ0) is 24.2. The van der Waals surface area contributed by atoms with E-state index in [1.54, 1.807) is 54.6 Å². The van der Waals surface area contributed by atoms with Crippen molar-refractivity contribution >= 4 is 28.1 Å². The molecule has 28 heavy (non-hydrogen) atoms. The second-order valence-corrected chi connectivity index (χ2v) is 6.97. The number of nitrogen functional groups attached to an aromatic ring is 1. The number of anilines is 2. The summed E-state index contributed by atoms with van der Waals surface area (Å²) in [6, 6.07) is 15.0. The molecule has 146 valence electrons. The third-order valence-corrected chi connectivity index (χ3v) is 4.59. The van der Waals surface area contributed by atoms with E-state index in [-0.39, 0.29) is 29.2 Å². The van der Waals surface area contributed by atoms with Gasteiger partial charge in [-0.05, 0) is 42.4 Å². The number of aliphatic hydroxyl groups is 1. The Bertz CT molecular complexity index is 1090. The van der Waals surface area contributed by atoms with Crippen molar-refractivity contribution in [1.29, 1.82) is 0 Å². The molecule has 0 aliphatic carbocycles. The molecule has 0 fully saturated rings. The van der Waals surface area contributed by atoms with E-state index in [4.69, 9.17) is 12.6 Å². The summed E-state index contributed by atoms with van der Waals surface area (Å²) in [5, 5.41) is 13.5. The van der Waals surface area contributed by atoms with Crippen LogP contribution in [0.2, 0.25) is 0 Å². The molecule has 5 nitrogen and oxygen atoms in total. The monoisotopic (exact) mass is 400 g/mol. The normalized spacial score (nSPS) is 15.5. The largest absolute Gasteiger partial charge is 0.388 e. The summed E-state index contributed by atoms with van der Waals surface area (Å²) in [5.41, 5.74) is 7.39. The van der Waals surface area contributed by atoms with Gasteiger partial charge in [-0.25, -0.2) is 4.98 Å². The first kappa shape index (κ1) is 14.3. The number of hydrogen-bond donors (Lipinski definition) is 3.